The third-order valence-electron chi connectivity index (χ3n) is 6.13. The van der Waals surface area contributed by atoms with Crippen LogP contribution in [-0.2, 0) is 13.6 Å². The molecule has 0 bridgehead atoms. The van der Waals surface area contributed by atoms with Gasteiger partial charge in [0.25, 0.3) is 5.91 Å². The molecule has 2 aliphatic rings. The van der Waals surface area contributed by atoms with Gasteiger partial charge in [-0.15, -0.1) is 12.4 Å². The molecule has 2 fully saturated rings. The van der Waals surface area contributed by atoms with E-state index in [1.807, 2.05) is 6.07 Å². The van der Waals surface area contributed by atoms with Crippen LogP contribution >= 0.6 is 12.4 Å². The molecule has 1 spiro atoms. The Morgan fingerprint density at radius 2 is 1.94 bits per heavy atom. The molecule has 4 heterocycles. The molecule has 164 valence electrons. The minimum absolute atomic E-state index is 0. The van der Waals surface area contributed by atoms with Gasteiger partial charge in [0.15, 0.2) is 0 Å². The Morgan fingerprint density at radius 3 is 2.58 bits per heavy atom. The maximum atomic E-state index is 11.4. The molecule has 2 saturated heterocycles. The van der Waals surface area contributed by atoms with E-state index in [-0.39, 0.29) is 18.0 Å². The molecule has 0 atom stereocenters. The Kier molecular flexibility index (Phi) is 5.50. The van der Waals surface area contributed by atoms with Gasteiger partial charge < -0.3 is 14.2 Å². The number of benzene rings is 1. The van der Waals surface area contributed by atoms with Gasteiger partial charge in [-0.25, -0.2) is 15.4 Å². The number of nitrogens with zero attached hydrogens (tertiary/aromatic N) is 5. The smallest absolute Gasteiger partial charge is 0.277 e. The van der Waals surface area contributed by atoms with Gasteiger partial charge in [0.2, 0.25) is 5.95 Å². The summed E-state index contributed by atoms with van der Waals surface area (Å²) in [5.74, 6) is 0.893. The molecule has 1 aromatic carbocycles. The molecule has 31 heavy (non-hydrogen) atoms. The zero-order valence-corrected chi connectivity index (χ0v) is 18.2. The number of rotatable bonds is 5. The number of aromatic nitrogens is 3. The number of halogens is 1. The molecule has 0 unspecified atom stereocenters. The first kappa shape index (κ1) is 21.4. The predicted molar refractivity (Wildman–Crippen MR) is 118 cm³/mol. The molecule has 9 nitrogen and oxygen atoms in total. The van der Waals surface area contributed by atoms with Crippen molar-refractivity contribution in [3.05, 3.63) is 47.9 Å². The van der Waals surface area contributed by atoms with E-state index in [9.17, 15) is 4.79 Å². The van der Waals surface area contributed by atoms with Crippen LogP contribution in [-0.4, -0.2) is 63.8 Å². The van der Waals surface area contributed by atoms with Gasteiger partial charge in [-0.3, -0.25) is 14.9 Å². The standard InChI is InChI=1S/C21H24N6O3.ClH/c1-25-8-15(17-5-16(30-2)3-4-18(17)25)9-26-10-21(11-26)12-27(13-21)20-22-6-14(7-23-20)19(28)24-29;/h3-8,29H,9-13H2,1-2H3,(H,24,28);1H. The number of hydroxylamine groups is 1. The van der Waals surface area contributed by atoms with E-state index in [1.165, 1.54) is 28.9 Å². The van der Waals surface area contributed by atoms with Gasteiger partial charge in [0.1, 0.15) is 5.75 Å². The Morgan fingerprint density at radius 1 is 1.23 bits per heavy atom. The number of hydrogen-bond acceptors (Lipinski definition) is 7. The topological polar surface area (TPSA) is 95.8 Å². The second-order valence-electron chi connectivity index (χ2n) is 8.36. The van der Waals surface area contributed by atoms with Crippen molar-refractivity contribution in [1.82, 2.24) is 24.9 Å². The highest BCUT2D eigenvalue weighted by atomic mass is 35.5. The summed E-state index contributed by atoms with van der Waals surface area (Å²) in [6.45, 7) is 4.86. The largest absolute Gasteiger partial charge is 0.497 e. The molecule has 3 aromatic rings. The van der Waals surface area contributed by atoms with E-state index in [1.54, 1.807) is 12.6 Å². The lowest BCUT2D eigenvalue weighted by Gasteiger charge is -2.60. The van der Waals surface area contributed by atoms with Crippen LogP contribution in [0, 0.1) is 5.41 Å². The molecule has 2 N–H and O–H groups in total. The normalized spacial score (nSPS) is 17.1. The molecule has 0 radical (unpaired) electrons. The fourth-order valence-corrected chi connectivity index (χ4v) is 4.73. The number of carbonyl (C=O) groups is 1. The molecular formula is C21H25ClN6O3. The van der Waals surface area contributed by atoms with Crippen molar-refractivity contribution < 1.29 is 14.7 Å². The number of aryl methyl sites for hydroxylation is 1. The van der Waals surface area contributed by atoms with Gasteiger partial charge in [0, 0.05) is 74.7 Å². The van der Waals surface area contributed by atoms with Crippen molar-refractivity contribution in [3.8, 4) is 5.75 Å². The molecule has 5 rings (SSSR count). The maximum Gasteiger partial charge on any atom is 0.277 e. The van der Waals surface area contributed by atoms with Crippen molar-refractivity contribution in [2.24, 2.45) is 12.5 Å². The lowest BCUT2D eigenvalue weighted by molar-refractivity contribution is -0.0278. The maximum absolute atomic E-state index is 11.4. The van der Waals surface area contributed by atoms with Crippen LogP contribution < -0.4 is 15.1 Å². The van der Waals surface area contributed by atoms with Crippen LogP contribution in [0.15, 0.2) is 36.8 Å². The second kappa shape index (κ2) is 7.99. The highest BCUT2D eigenvalue weighted by Gasteiger charge is 2.52. The zero-order valence-electron chi connectivity index (χ0n) is 17.4. The quantitative estimate of drug-likeness (QED) is 0.458. The third kappa shape index (κ3) is 3.69. The molecule has 2 aliphatic heterocycles. The van der Waals surface area contributed by atoms with E-state index in [0.29, 0.717) is 11.4 Å². The van der Waals surface area contributed by atoms with Crippen LogP contribution in [0.2, 0.25) is 0 Å². The van der Waals surface area contributed by atoms with E-state index in [0.717, 1.165) is 38.5 Å². The average molecular weight is 445 g/mol. The highest BCUT2D eigenvalue weighted by Crippen LogP contribution is 2.42. The summed E-state index contributed by atoms with van der Waals surface area (Å²) in [6.07, 6.45) is 5.07. The third-order valence-corrected chi connectivity index (χ3v) is 6.13. The number of amides is 1. The Hall–Kier alpha value is -2.88. The lowest BCUT2D eigenvalue weighted by atomic mass is 9.73. The van der Waals surface area contributed by atoms with E-state index < -0.39 is 5.91 Å². The van der Waals surface area contributed by atoms with Crippen LogP contribution in [0.4, 0.5) is 5.95 Å². The van der Waals surface area contributed by atoms with Gasteiger partial charge >= 0.3 is 0 Å². The zero-order chi connectivity index (χ0) is 20.9. The Balaban J connectivity index is 0.00000231. The van der Waals surface area contributed by atoms with Crippen LogP contribution in [0.3, 0.4) is 0 Å². The summed E-state index contributed by atoms with van der Waals surface area (Å²) in [5, 5.41) is 9.91. The Labute approximate surface area is 186 Å². The molecule has 1 amide bonds. The van der Waals surface area contributed by atoms with E-state index in [4.69, 9.17) is 9.94 Å². The minimum atomic E-state index is -0.609. The summed E-state index contributed by atoms with van der Waals surface area (Å²) < 4.78 is 7.57. The lowest BCUT2D eigenvalue weighted by Crippen LogP contribution is -2.72. The summed E-state index contributed by atoms with van der Waals surface area (Å²) in [7, 11) is 3.78. The highest BCUT2D eigenvalue weighted by molar-refractivity contribution is 5.92. The van der Waals surface area contributed by atoms with E-state index in [2.05, 4.69) is 49.7 Å². The van der Waals surface area contributed by atoms with Gasteiger partial charge in [-0.1, -0.05) is 0 Å². The van der Waals surface area contributed by atoms with Crippen LogP contribution in [0.1, 0.15) is 15.9 Å². The van der Waals surface area contributed by atoms with Crippen molar-refractivity contribution in [2.45, 2.75) is 6.54 Å². The molecule has 0 saturated carbocycles. The number of nitrogens with one attached hydrogen (secondary N) is 1. The fraction of sp³-hybridized carbons (Fsp3) is 0.381. The number of likely N-dealkylation sites (tertiary alicyclic amines) is 1. The van der Waals surface area contributed by atoms with Crippen molar-refractivity contribution in [2.75, 3.05) is 38.2 Å². The molecule has 10 heteroatoms. The first-order valence-corrected chi connectivity index (χ1v) is 9.86. The molecule has 2 aromatic heterocycles. The summed E-state index contributed by atoms with van der Waals surface area (Å²) in [4.78, 5) is 24.5. The summed E-state index contributed by atoms with van der Waals surface area (Å²) in [6, 6.07) is 6.22. The van der Waals surface area contributed by atoms with E-state index >= 15 is 0 Å². The van der Waals surface area contributed by atoms with Crippen molar-refractivity contribution in [3.63, 3.8) is 0 Å². The predicted octanol–water partition coefficient (Wildman–Crippen LogP) is 1.84. The van der Waals surface area contributed by atoms with Gasteiger partial charge in [-0.05, 0) is 23.8 Å². The number of hydrogen-bond donors (Lipinski definition) is 2. The number of fused-ring (bicyclic) bond motifs is 1. The van der Waals surface area contributed by atoms with Gasteiger partial charge in [0.05, 0.1) is 12.7 Å². The summed E-state index contributed by atoms with van der Waals surface area (Å²) in [5.41, 5.74) is 4.65. The second-order valence-corrected chi connectivity index (χ2v) is 8.36. The SMILES string of the molecule is COc1ccc2c(c1)c(CN1CC3(C1)CN(c1ncc(C(=O)NO)cn1)C3)cn2C.Cl. The number of carbonyl (C=O) groups excluding carboxylic acids is 1. The van der Waals surface area contributed by atoms with Crippen molar-refractivity contribution in [1.29, 1.82) is 0 Å². The van der Waals surface area contributed by atoms with Crippen LogP contribution in [0.5, 0.6) is 5.75 Å². The summed E-state index contributed by atoms with van der Waals surface area (Å²) >= 11 is 0. The average Bonchev–Trinajstić information content (AvgIpc) is 3.03. The monoisotopic (exact) mass is 444 g/mol. The number of anilines is 1. The molecule has 0 aliphatic carbocycles. The Bertz CT molecular complexity index is 1100. The fourth-order valence-electron chi connectivity index (χ4n) is 4.73. The van der Waals surface area contributed by atoms with Crippen molar-refractivity contribution >= 4 is 35.2 Å². The number of ether oxygens (including phenoxy) is 1. The first-order valence-electron chi connectivity index (χ1n) is 9.86. The first-order chi connectivity index (χ1) is 14.5. The minimum Gasteiger partial charge on any atom is -0.497 e. The number of methoxy groups -OCH3 is 1. The van der Waals surface area contributed by atoms with Crippen LogP contribution in [0.25, 0.3) is 10.9 Å². The molecular weight excluding hydrogens is 420 g/mol. The van der Waals surface area contributed by atoms with Gasteiger partial charge in [-0.2, -0.15) is 0 Å².